The molecule has 0 aliphatic heterocycles. The minimum absolute atomic E-state index is 0.584. The Balaban J connectivity index is 1.74. The van der Waals surface area contributed by atoms with Gasteiger partial charge >= 0.3 is 0 Å². The van der Waals surface area contributed by atoms with Gasteiger partial charge in [0.2, 0.25) is 0 Å². The van der Waals surface area contributed by atoms with Crippen LogP contribution in [-0.4, -0.2) is 5.71 Å². The second kappa shape index (κ2) is 6.97. The Hall–Kier alpha value is -3.19. The van der Waals surface area contributed by atoms with Crippen LogP contribution in [0.4, 0.5) is 0 Å². The summed E-state index contributed by atoms with van der Waals surface area (Å²) in [6.45, 7) is 2.07. The lowest BCUT2D eigenvalue weighted by atomic mass is 9.92. The molecule has 4 rings (SSSR count). The second-order valence-corrected chi connectivity index (χ2v) is 6.71. The predicted molar refractivity (Wildman–Crippen MR) is 110 cm³/mol. The molecular weight excluding hydrogens is 314 g/mol. The molecule has 0 amide bonds. The Morgan fingerprint density at radius 2 is 1.35 bits per heavy atom. The van der Waals surface area contributed by atoms with Crippen molar-refractivity contribution >= 4 is 16.5 Å². The Morgan fingerprint density at radius 1 is 0.692 bits per heavy atom. The number of benzene rings is 4. The highest BCUT2D eigenvalue weighted by Gasteiger charge is 2.11. The van der Waals surface area contributed by atoms with Crippen LogP contribution >= 0.6 is 0 Å². The summed E-state index contributed by atoms with van der Waals surface area (Å²) in [5.41, 5.74) is 6.25. The molecule has 4 aromatic rings. The molecule has 1 nitrogen and oxygen atoms in total. The molecule has 126 valence electrons. The van der Waals surface area contributed by atoms with E-state index in [4.69, 9.17) is 5.41 Å². The molecule has 1 N–H and O–H groups in total. The van der Waals surface area contributed by atoms with Gasteiger partial charge in [0.25, 0.3) is 0 Å². The van der Waals surface area contributed by atoms with Crippen molar-refractivity contribution in [2.75, 3.05) is 0 Å². The van der Waals surface area contributed by atoms with E-state index in [9.17, 15) is 0 Å². The highest BCUT2D eigenvalue weighted by atomic mass is 14.4. The molecule has 0 saturated heterocycles. The number of hydrogen-bond donors (Lipinski definition) is 1. The van der Waals surface area contributed by atoms with Gasteiger partial charge < -0.3 is 0 Å². The predicted octanol–water partition coefficient (Wildman–Crippen LogP) is 6.16. The highest BCUT2D eigenvalue weighted by Crippen LogP contribution is 2.24. The molecule has 4 aromatic carbocycles. The van der Waals surface area contributed by atoms with Crippen LogP contribution in [0.25, 0.3) is 10.8 Å². The van der Waals surface area contributed by atoms with Gasteiger partial charge in [0, 0.05) is 11.1 Å². The number of aryl methyl sites for hydroxylation is 1. The van der Waals surface area contributed by atoms with E-state index < -0.39 is 0 Å². The third-order valence-corrected chi connectivity index (χ3v) is 4.89. The van der Waals surface area contributed by atoms with Crippen molar-refractivity contribution in [2.24, 2.45) is 0 Å². The van der Waals surface area contributed by atoms with Crippen LogP contribution in [0.5, 0.6) is 0 Å². The molecule has 0 saturated carbocycles. The van der Waals surface area contributed by atoms with Crippen molar-refractivity contribution in [3.63, 3.8) is 0 Å². The lowest BCUT2D eigenvalue weighted by Crippen LogP contribution is -2.06. The van der Waals surface area contributed by atoms with Crippen LogP contribution in [0.2, 0.25) is 0 Å². The molecule has 0 aromatic heterocycles. The van der Waals surface area contributed by atoms with Gasteiger partial charge in [-0.15, -0.1) is 0 Å². The van der Waals surface area contributed by atoms with Gasteiger partial charge in [-0.05, 0) is 35.2 Å². The molecule has 0 spiro atoms. The fourth-order valence-electron chi connectivity index (χ4n) is 3.45. The van der Waals surface area contributed by atoms with Crippen molar-refractivity contribution in [2.45, 2.75) is 13.3 Å². The van der Waals surface area contributed by atoms with E-state index in [1.54, 1.807) is 0 Å². The van der Waals surface area contributed by atoms with Crippen LogP contribution in [0, 0.1) is 12.3 Å². The average Bonchev–Trinajstić information content (AvgIpc) is 2.69. The fraction of sp³-hybridized carbons (Fsp3) is 0.0800. The normalized spacial score (nSPS) is 10.8. The van der Waals surface area contributed by atoms with Crippen LogP contribution in [0.1, 0.15) is 27.8 Å². The standard InChI is InChI=1S/C25H21N/c1-18-13-15-20(16-14-18)25(26)24-12-5-3-8-22(24)17-21-10-6-9-19-7-2-4-11-23(19)21/h2-16,26H,17H2,1H3. The van der Waals surface area contributed by atoms with Gasteiger partial charge in [0.1, 0.15) is 0 Å². The molecule has 26 heavy (non-hydrogen) atoms. The zero-order valence-corrected chi connectivity index (χ0v) is 14.9. The van der Waals surface area contributed by atoms with E-state index in [0.29, 0.717) is 5.71 Å². The lowest BCUT2D eigenvalue weighted by molar-refractivity contribution is 1.20. The van der Waals surface area contributed by atoms with E-state index in [1.807, 2.05) is 18.2 Å². The van der Waals surface area contributed by atoms with Crippen molar-refractivity contribution in [3.8, 4) is 0 Å². The van der Waals surface area contributed by atoms with Gasteiger partial charge in [0.05, 0.1) is 5.71 Å². The summed E-state index contributed by atoms with van der Waals surface area (Å²) >= 11 is 0. The molecule has 0 heterocycles. The van der Waals surface area contributed by atoms with Crippen LogP contribution in [0.3, 0.4) is 0 Å². The molecule has 0 aliphatic rings. The Morgan fingerprint density at radius 3 is 2.19 bits per heavy atom. The quantitative estimate of drug-likeness (QED) is 0.432. The summed E-state index contributed by atoms with van der Waals surface area (Å²) in [6, 6.07) is 31.4. The maximum Gasteiger partial charge on any atom is 0.0687 e. The van der Waals surface area contributed by atoms with Gasteiger partial charge in [-0.25, -0.2) is 0 Å². The smallest absolute Gasteiger partial charge is 0.0687 e. The third-order valence-electron chi connectivity index (χ3n) is 4.89. The van der Waals surface area contributed by atoms with E-state index in [2.05, 4.69) is 79.7 Å². The monoisotopic (exact) mass is 335 g/mol. The molecule has 1 heteroatoms. The van der Waals surface area contributed by atoms with Crippen LogP contribution in [0.15, 0.2) is 91.0 Å². The summed E-state index contributed by atoms with van der Waals surface area (Å²) in [7, 11) is 0. The van der Waals surface area contributed by atoms with Crippen molar-refractivity contribution in [3.05, 3.63) is 119 Å². The van der Waals surface area contributed by atoms with Gasteiger partial charge in [0.15, 0.2) is 0 Å². The van der Waals surface area contributed by atoms with Gasteiger partial charge in [-0.3, -0.25) is 5.41 Å². The number of hydrogen-bond acceptors (Lipinski definition) is 1. The van der Waals surface area contributed by atoms with E-state index in [0.717, 1.165) is 17.5 Å². The zero-order chi connectivity index (χ0) is 17.9. The lowest BCUT2D eigenvalue weighted by Gasteiger charge is -2.13. The Bertz CT molecular complexity index is 1070. The topological polar surface area (TPSA) is 23.9 Å². The molecule has 0 aliphatic carbocycles. The van der Waals surface area contributed by atoms with E-state index in [1.165, 1.54) is 27.5 Å². The SMILES string of the molecule is Cc1ccc(C(=N)c2ccccc2Cc2cccc3ccccc23)cc1. The minimum atomic E-state index is 0.584. The van der Waals surface area contributed by atoms with Crippen molar-refractivity contribution in [1.82, 2.24) is 0 Å². The van der Waals surface area contributed by atoms with Crippen molar-refractivity contribution < 1.29 is 0 Å². The van der Waals surface area contributed by atoms with Crippen LogP contribution in [-0.2, 0) is 6.42 Å². The van der Waals surface area contributed by atoms with Gasteiger partial charge in [-0.1, -0.05) is 96.6 Å². The average molecular weight is 335 g/mol. The highest BCUT2D eigenvalue weighted by molar-refractivity contribution is 6.11. The maximum atomic E-state index is 8.71. The maximum absolute atomic E-state index is 8.71. The minimum Gasteiger partial charge on any atom is -0.300 e. The number of fused-ring (bicyclic) bond motifs is 1. The number of rotatable bonds is 4. The first-order valence-electron chi connectivity index (χ1n) is 8.93. The molecule has 0 unspecified atom stereocenters. The van der Waals surface area contributed by atoms with Crippen molar-refractivity contribution in [1.29, 1.82) is 5.41 Å². The van der Waals surface area contributed by atoms with E-state index in [-0.39, 0.29) is 0 Å². The molecule has 0 radical (unpaired) electrons. The van der Waals surface area contributed by atoms with Gasteiger partial charge in [-0.2, -0.15) is 0 Å². The number of nitrogens with one attached hydrogen (secondary N) is 1. The Labute approximate surface area is 154 Å². The first-order valence-corrected chi connectivity index (χ1v) is 8.93. The molecular formula is C25H21N. The van der Waals surface area contributed by atoms with E-state index >= 15 is 0 Å². The summed E-state index contributed by atoms with van der Waals surface area (Å²) < 4.78 is 0. The summed E-state index contributed by atoms with van der Waals surface area (Å²) in [6.07, 6.45) is 0.825. The summed E-state index contributed by atoms with van der Waals surface area (Å²) in [5.74, 6) is 0. The first kappa shape index (κ1) is 16.3. The zero-order valence-electron chi connectivity index (χ0n) is 14.9. The molecule has 0 fully saturated rings. The summed E-state index contributed by atoms with van der Waals surface area (Å²) in [5, 5.41) is 11.3. The first-order chi connectivity index (χ1) is 12.7. The van der Waals surface area contributed by atoms with Crippen LogP contribution < -0.4 is 0 Å². The largest absolute Gasteiger partial charge is 0.300 e. The Kier molecular flexibility index (Phi) is 4.37. The molecule has 0 atom stereocenters. The second-order valence-electron chi connectivity index (χ2n) is 6.71. The molecule has 0 bridgehead atoms. The fourth-order valence-corrected chi connectivity index (χ4v) is 3.45. The summed E-state index contributed by atoms with van der Waals surface area (Å²) in [4.78, 5) is 0. The third kappa shape index (κ3) is 3.16.